The Balaban J connectivity index is 3.42. The lowest BCUT2D eigenvalue weighted by Crippen LogP contribution is -2.37. The third-order valence-corrected chi connectivity index (χ3v) is 4.24. The summed E-state index contributed by atoms with van der Waals surface area (Å²) in [6.07, 6.45) is 0.461. The molecule has 0 unspecified atom stereocenters. The van der Waals surface area contributed by atoms with E-state index in [9.17, 15) is 9.59 Å². The van der Waals surface area contributed by atoms with Gasteiger partial charge in [-0.1, -0.05) is 13.8 Å². The van der Waals surface area contributed by atoms with E-state index in [1.165, 1.54) is 11.8 Å². The highest BCUT2D eigenvalue weighted by molar-refractivity contribution is 7.99. The second-order valence-electron chi connectivity index (χ2n) is 5.65. The molecule has 0 bridgehead atoms. The van der Waals surface area contributed by atoms with Gasteiger partial charge in [0.1, 0.15) is 0 Å². The maximum atomic E-state index is 11.6. The van der Waals surface area contributed by atoms with Crippen molar-refractivity contribution in [3.05, 3.63) is 0 Å². The monoisotopic (exact) mass is 346 g/mol. The second kappa shape index (κ2) is 14.8. The zero-order valence-electron chi connectivity index (χ0n) is 15.1. The summed E-state index contributed by atoms with van der Waals surface area (Å²) in [6.45, 7) is 13.7. The van der Waals surface area contributed by atoms with Gasteiger partial charge in [-0.15, -0.1) is 0 Å². The lowest BCUT2D eigenvalue weighted by atomic mass is 10.3. The van der Waals surface area contributed by atoms with Gasteiger partial charge in [0.2, 0.25) is 11.8 Å². The average molecular weight is 347 g/mol. The zero-order valence-corrected chi connectivity index (χ0v) is 15.9. The molecule has 0 aliphatic heterocycles. The third-order valence-electron chi connectivity index (χ3n) is 3.28. The van der Waals surface area contributed by atoms with E-state index in [0.29, 0.717) is 24.5 Å². The summed E-state index contributed by atoms with van der Waals surface area (Å²) >= 11 is 1.49. The number of carbonyl (C=O) groups is 2. The molecule has 0 radical (unpaired) electrons. The summed E-state index contributed by atoms with van der Waals surface area (Å²) < 4.78 is 0. The SMILES string of the molecule is CCN(CC)CCNCCNC(=O)CSCCC(=O)NC(C)C. The molecule has 0 heterocycles. The minimum atomic E-state index is 0.0322. The van der Waals surface area contributed by atoms with E-state index in [1.807, 2.05) is 13.8 Å². The summed E-state index contributed by atoms with van der Waals surface area (Å²) in [5.74, 6) is 1.16. The van der Waals surface area contributed by atoms with Gasteiger partial charge in [0, 0.05) is 44.4 Å². The van der Waals surface area contributed by atoms with Crippen LogP contribution in [-0.2, 0) is 9.59 Å². The normalized spacial score (nSPS) is 11.0. The van der Waals surface area contributed by atoms with Crippen molar-refractivity contribution in [1.82, 2.24) is 20.9 Å². The molecule has 0 saturated carbocycles. The number of rotatable bonds is 14. The van der Waals surface area contributed by atoms with Crippen molar-refractivity contribution in [3.63, 3.8) is 0 Å². The van der Waals surface area contributed by atoms with E-state index in [4.69, 9.17) is 0 Å². The number of nitrogens with one attached hydrogen (secondary N) is 3. The summed E-state index contributed by atoms with van der Waals surface area (Å²) in [5, 5.41) is 9.04. The topological polar surface area (TPSA) is 73.5 Å². The number of nitrogens with zero attached hydrogens (tertiary/aromatic N) is 1. The van der Waals surface area contributed by atoms with Gasteiger partial charge in [0.15, 0.2) is 0 Å². The van der Waals surface area contributed by atoms with Crippen LogP contribution in [0.2, 0.25) is 0 Å². The first-order chi connectivity index (χ1) is 11.0. The van der Waals surface area contributed by atoms with Gasteiger partial charge in [-0.25, -0.2) is 0 Å². The first kappa shape index (κ1) is 22.2. The Hall–Kier alpha value is -0.790. The van der Waals surface area contributed by atoms with E-state index in [0.717, 1.165) is 32.7 Å². The molecule has 0 aromatic carbocycles. The predicted octanol–water partition coefficient (Wildman–Crippen LogP) is 0.682. The van der Waals surface area contributed by atoms with Gasteiger partial charge in [0.25, 0.3) is 0 Å². The maximum Gasteiger partial charge on any atom is 0.230 e. The molecule has 136 valence electrons. The van der Waals surface area contributed by atoms with Crippen LogP contribution in [0.3, 0.4) is 0 Å². The van der Waals surface area contributed by atoms with Crippen LogP contribution < -0.4 is 16.0 Å². The van der Waals surface area contributed by atoms with Crippen LogP contribution in [0.5, 0.6) is 0 Å². The summed E-state index contributed by atoms with van der Waals surface area (Å²) in [7, 11) is 0. The molecule has 0 atom stereocenters. The van der Waals surface area contributed by atoms with Gasteiger partial charge in [-0.05, 0) is 26.9 Å². The Morgan fingerprint density at radius 2 is 1.74 bits per heavy atom. The average Bonchev–Trinajstić information content (AvgIpc) is 2.50. The summed E-state index contributed by atoms with van der Waals surface area (Å²) in [6, 6.07) is 0.171. The smallest absolute Gasteiger partial charge is 0.230 e. The van der Waals surface area contributed by atoms with E-state index < -0.39 is 0 Å². The van der Waals surface area contributed by atoms with Gasteiger partial charge >= 0.3 is 0 Å². The van der Waals surface area contributed by atoms with Crippen molar-refractivity contribution < 1.29 is 9.59 Å². The van der Waals surface area contributed by atoms with Crippen LogP contribution in [0, 0.1) is 0 Å². The van der Waals surface area contributed by atoms with Crippen LogP contribution in [-0.4, -0.2) is 73.5 Å². The molecular formula is C16H34N4O2S. The molecule has 0 fully saturated rings. The highest BCUT2D eigenvalue weighted by Gasteiger charge is 2.05. The standard InChI is InChI=1S/C16H34N4O2S/c1-5-20(6-2)11-10-17-8-9-18-16(22)13-23-12-7-15(21)19-14(3)4/h14,17H,5-13H2,1-4H3,(H,18,22)(H,19,21). The lowest BCUT2D eigenvalue weighted by molar-refractivity contribution is -0.121. The van der Waals surface area contributed by atoms with E-state index in [1.54, 1.807) is 0 Å². The number of likely N-dealkylation sites (N-methyl/N-ethyl adjacent to an activating group) is 1. The zero-order chi connectivity index (χ0) is 17.5. The van der Waals surface area contributed by atoms with Crippen molar-refractivity contribution in [2.75, 3.05) is 50.8 Å². The van der Waals surface area contributed by atoms with Crippen LogP contribution in [0.4, 0.5) is 0 Å². The van der Waals surface area contributed by atoms with E-state index in [-0.39, 0.29) is 17.9 Å². The van der Waals surface area contributed by atoms with Crippen molar-refractivity contribution in [3.8, 4) is 0 Å². The number of thioether (sulfide) groups is 1. The Labute approximate surface area is 145 Å². The Kier molecular flexibility index (Phi) is 14.3. The minimum absolute atomic E-state index is 0.0322. The summed E-state index contributed by atoms with van der Waals surface area (Å²) in [5.41, 5.74) is 0. The van der Waals surface area contributed by atoms with Gasteiger partial charge in [-0.2, -0.15) is 11.8 Å². The molecule has 0 aliphatic rings. The third kappa shape index (κ3) is 14.5. The molecule has 0 saturated heterocycles. The molecule has 0 spiro atoms. The minimum Gasteiger partial charge on any atom is -0.354 e. The fraction of sp³-hybridized carbons (Fsp3) is 0.875. The van der Waals surface area contributed by atoms with E-state index >= 15 is 0 Å². The van der Waals surface area contributed by atoms with Gasteiger partial charge < -0.3 is 20.9 Å². The van der Waals surface area contributed by atoms with Crippen LogP contribution in [0.15, 0.2) is 0 Å². The number of hydrogen-bond donors (Lipinski definition) is 3. The van der Waals surface area contributed by atoms with Crippen molar-refractivity contribution in [2.45, 2.75) is 40.2 Å². The van der Waals surface area contributed by atoms with Crippen molar-refractivity contribution >= 4 is 23.6 Å². The Morgan fingerprint density at radius 1 is 1.04 bits per heavy atom. The molecule has 7 heteroatoms. The van der Waals surface area contributed by atoms with Crippen molar-refractivity contribution in [1.29, 1.82) is 0 Å². The first-order valence-corrected chi connectivity index (χ1v) is 9.71. The predicted molar refractivity (Wildman–Crippen MR) is 98.9 cm³/mol. The van der Waals surface area contributed by atoms with Gasteiger partial charge in [-0.3, -0.25) is 9.59 Å². The number of amides is 2. The molecule has 23 heavy (non-hydrogen) atoms. The largest absolute Gasteiger partial charge is 0.354 e. The lowest BCUT2D eigenvalue weighted by Gasteiger charge is -2.18. The molecule has 2 amide bonds. The van der Waals surface area contributed by atoms with Crippen molar-refractivity contribution in [2.24, 2.45) is 0 Å². The maximum absolute atomic E-state index is 11.6. The fourth-order valence-corrected chi connectivity index (χ4v) is 2.73. The molecule has 3 N–H and O–H groups in total. The van der Waals surface area contributed by atoms with Crippen LogP contribution in [0.1, 0.15) is 34.1 Å². The van der Waals surface area contributed by atoms with Crippen LogP contribution >= 0.6 is 11.8 Å². The quantitative estimate of drug-likeness (QED) is 0.404. The molecule has 0 aromatic rings. The van der Waals surface area contributed by atoms with Gasteiger partial charge in [0.05, 0.1) is 5.75 Å². The molecule has 0 rings (SSSR count). The van der Waals surface area contributed by atoms with Crippen LogP contribution in [0.25, 0.3) is 0 Å². The molecular weight excluding hydrogens is 312 g/mol. The molecule has 0 aromatic heterocycles. The molecule has 0 aliphatic carbocycles. The first-order valence-electron chi connectivity index (χ1n) is 8.56. The Bertz CT molecular complexity index is 323. The fourth-order valence-electron chi connectivity index (χ4n) is 1.97. The Morgan fingerprint density at radius 3 is 2.35 bits per heavy atom. The summed E-state index contributed by atoms with van der Waals surface area (Å²) in [4.78, 5) is 25.4. The number of carbonyl (C=O) groups excluding carboxylic acids is 2. The molecule has 6 nitrogen and oxygen atoms in total. The number of hydrogen-bond acceptors (Lipinski definition) is 5. The van der Waals surface area contributed by atoms with E-state index in [2.05, 4.69) is 34.7 Å². The highest BCUT2D eigenvalue weighted by atomic mass is 32.2. The highest BCUT2D eigenvalue weighted by Crippen LogP contribution is 2.01. The second-order valence-corrected chi connectivity index (χ2v) is 6.76.